The van der Waals surface area contributed by atoms with Crippen LogP contribution in [0.25, 0.3) is 10.9 Å². The minimum atomic E-state index is -0.318. The molecule has 138 valence electrons. The number of hydrazone groups is 1. The second-order valence-corrected chi connectivity index (χ2v) is 6.05. The van der Waals surface area contributed by atoms with E-state index in [0.717, 1.165) is 16.5 Å². The number of nitrogens with one attached hydrogen (secondary N) is 1. The average molecular weight is 363 g/mol. The Morgan fingerprint density at radius 3 is 2.63 bits per heavy atom. The number of rotatable bonds is 5. The number of aromatic nitrogens is 1. The molecule has 1 amide bonds. The average Bonchev–Trinajstić information content (AvgIpc) is 2.67. The Hall–Kier alpha value is -3.41. The van der Waals surface area contributed by atoms with Gasteiger partial charge in [-0.25, -0.2) is 5.43 Å². The highest BCUT2D eigenvalue weighted by atomic mass is 16.5. The van der Waals surface area contributed by atoms with Crippen LogP contribution in [0.15, 0.2) is 47.6 Å². The van der Waals surface area contributed by atoms with Gasteiger partial charge < -0.3 is 9.47 Å². The van der Waals surface area contributed by atoms with Gasteiger partial charge in [0.25, 0.3) is 5.91 Å². The summed E-state index contributed by atoms with van der Waals surface area (Å²) in [7, 11) is 3.12. The van der Waals surface area contributed by atoms with Crippen LogP contribution < -0.4 is 14.9 Å². The molecule has 0 saturated carbocycles. The summed E-state index contributed by atoms with van der Waals surface area (Å²) >= 11 is 0. The Kier molecular flexibility index (Phi) is 5.35. The first-order valence-electron chi connectivity index (χ1n) is 8.46. The highest BCUT2D eigenvalue weighted by Gasteiger charge is 2.12. The molecule has 0 aliphatic heterocycles. The van der Waals surface area contributed by atoms with Gasteiger partial charge in [-0.15, -0.1) is 0 Å². The van der Waals surface area contributed by atoms with Crippen LogP contribution in [0.2, 0.25) is 0 Å². The van der Waals surface area contributed by atoms with E-state index in [4.69, 9.17) is 9.47 Å². The van der Waals surface area contributed by atoms with E-state index < -0.39 is 0 Å². The molecule has 0 aliphatic rings. The predicted octanol–water partition coefficient (Wildman–Crippen LogP) is 3.63. The maximum atomic E-state index is 12.5. The molecule has 0 aliphatic carbocycles. The highest BCUT2D eigenvalue weighted by Crippen LogP contribution is 2.29. The lowest BCUT2D eigenvalue weighted by Gasteiger charge is -2.10. The van der Waals surface area contributed by atoms with Crippen molar-refractivity contribution in [1.82, 2.24) is 10.4 Å². The fraction of sp³-hybridized carbons (Fsp3) is 0.190. The van der Waals surface area contributed by atoms with E-state index in [1.165, 1.54) is 6.21 Å². The molecule has 1 heterocycles. The zero-order valence-corrected chi connectivity index (χ0v) is 15.7. The Balaban J connectivity index is 1.83. The second-order valence-electron chi connectivity index (χ2n) is 6.05. The summed E-state index contributed by atoms with van der Waals surface area (Å²) in [5.41, 5.74) is 6.36. The van der Waals surface area contributed by atoms with Crippen LogP contribution in [0.5, 0.6) is 11.5 Å². The summed E-state index contributed by atoms with van der Waals surface area (Å²) in [5.74, 6) is 0.830. The van der Waals surface area contributed by atoms with E-state index in [1.54, 1.807) is 20.3 Å². The van der Waals surface area contributed by atoms with Crippen molar-refractivity contribution in [2.75, 3.05) is 14.2 Å². The number of aryl methyl sites for hydroxylation is 2. The first kappa shape index (κ1) is 18.4. The monoisotopic (exact) mass is 363 g/mol. The van der Waals surface area contributed by atoms with E-state index in [9.17, 15) is 4.79 Å². The van der Waals surface area contributed by atoms with Crippen LogP contribution in [0.3, 0.4) is 0 Å². The van der Waals surface area contributed by atoms with Crippen molar-refractivity contribution in [3.8, 4) is 11.5 Å². The number of hydrogen-bond acceptors (Lipinski definition) is 5. The first-order valence-corrected chi connectivity index (χ1v) is 8.46. The summed E-state index contributed by atoms with van der Waals surface area (Å²) in [5, 5.41) is 4.97. The summed E-state index contributed by atoms with van der Waals surface area (Å²) < 4.78 is 10.6. The number of carbonyl (C=O) groups excluding carboxylic acids is 1. The normalized spacial score (nSPS) is 11.0. The van der Waals surface area contributed by atoms with Crippen molar-refractivity contribution < 1.29 is 14.3 Å². The molecule has 6 heteroatoms. The molecule has 3 aromatic rings. The molecule has 1 N–H and O–H groups in total. The van der Waals surface area contributed by atoms with Crippen LogP contribution in [0, 0.1) is 13.8 Å². The van der Waals surface area contributed by atoms with Crippen molar-refractivity contribution in [1.29, 1.82) is 0 Å². The fourth-order valence-electron chi connectivity index (χ4n) is 2.90. The van der Waals surface area contributed by atoms with Gasteiger partial charge in [0.05, 0.1) is 37.2 Å². The molecule has 6 nitrogen and oxygen atoms in total. The first-order chi connectivity index (χ1) is 13.0. The molecular weight excluding hydrogens is 342 g/mol. The minimum absolute atomic E-state index is 0.318. The largest absolute Gasteiger partial charge is 0.493 e. The third kappa shape index (κ3) is 3.74. The summed E-state index contributed by atoms with van der Waals surface area (Å²) in [6, 6.07) is 13.2. The molecule has 0 bridgehead atoms. The molecule has 2 aromatic carbocycles. The molecule has 0 fully saturated rings. The Labute approximate surface area is 157 Å². The van der Waals surface area contributed by atoms with Gasteiger partial charge in [-0.1, -0.05) is 24.3 Å². The minimum Gasteiger partial charge on any atom is -0.493 e. The molecule has 0 atom stereocenters. The van der Waals surface area contributed by atoms with Crippen LogP contribution in [0.4, 0.5) is 0 Å². The van der Waals surface area contributed by atoms with E-state index in [0.29, 0.717) is 28.3 Å². The number of methoxy groups -OCH3 is 2. The second kappa shape index (κ2) is 7.86. The number of carbonyl (C=O) groups is 1. The Morgan fingerprint density at radius 2 is 1.89 bits per heavy atom. The van der Waals surface area contributed by atoms with Gasteiger partial charge in [-0.2, -0.15) is 5.10 Å². The van der Waals surface area contributed by atoms with Gasteiger partial charge in [-0.3, -0.25) is 9.78 Å². The quantitative estimate of drug-likeness (QED) is 0.555. The topological polar surface area (TPSA) is 72.8 Å². The lowest BCUT2D eigenvalue weighted by molar-refractivity contribution is 0.0954. The third-order valence-corrected chi connectivity index (χ3v) is 4.29. The molecule has 3 rings (SSSR count). The Morgan fingerprint density at radius 1 is 1.11 bits per heavy atom. The number of pyridine rings is 1. The van der Waals surface area contributed by atoms with Gasteiger partial charge in [0.1, 0.15) is 0 Å². The fourth-order valence-corrected chi connectivity index (χ4v) is 2.90. The smallest absolute Gasteiger partial charge is 0.273 e. The predicted molar refractivity (Wildman–Crippen MR) is 106 cm³/mol. The molecule has 1 aromatic heterocycles. The maximum Gasteiger partial charge on any atom is 0.273 e. The molecule has 0 radical (unpaired) electrons. The van der Waals surface area contributed by atoms with Crippen molar-refractivity contribution in [2.45, 2.75) is 13.8 Å². The molecule has 0 unspecified atom stereocenters. The number of fused-ring (bicyclic) bond motifs is 1. The number of nitrogens with zero attached hydrogens (tertiary/aromatic N) is 2. The number of hydrogen-bond donors (Lipinski definition) is 1. The van der Waals surface area contributed by atoms with Gasteiger partial charge >= 0.3 is 0 Å². The number of para-hydroxylation sites is 2. The van der Waals surface area contributed by atoms with Gasteiger partial charge in [-0.05, 0) is 37.6 Å². The van der Waals surface area contributed by atoms with Crippen molar-refractivity contribution >= 4 is 23.0 Å². The standard InChI is InChI=1S/C21H21N3O3/c1-13-7-5-8-15-11-17(14(2)23-19(13)15)21(25)24-22-12-16-9-6-10-18(26-3)20(16)27-4/h5-12H,1-4H3,(H,24,25)/b22-12-. The number of benzene rings is 2. The summed E-state index contributed by atoms with van der Waals surface area (Å²) in [6.07, 6.45) is 1.52. The highest BCUT2D eigenvalue weighted by molar-refractivity contribution is 5.99. The van der Waals surface area contributed by atoms with Crippen LogP contribution in [-0.4, -0.2) is 31.3 Å². The maximum absolute atomic E-state index is 12.5. The van der Waals surface area contributed by atoms with Crippen molar-refractivity contribution in [3.63, 3.8) is 0 Å². The van der Waals surface area contributed by atoms with Crippen molar-refractivity contribution in [3.05, 3.63) is 64.8 Å². The van der Waals surface area contributed by atoms with Crippen LogP contribution in [0.1, 0.15) is 27.2 Å². The molecule has 0 spiro atoms. The van der Waals surface area contributed by atoms with E-state index in [1.807, 2.05) is 50.2 Å². The van der Waals surface area contributed by atoms with Gasteiger partial charge in [0, 0.05) is 10.9 Å². The van der Waals surface area contributed by atoms with Crippen LogP contribution >= 0.6 is 0 Å². The zero-order chi connectivity index (χ0) is 19.4. The summed E-state index contributed by atoms with van der Waals surface area (Å²) in [4.78, 5) is 17.1. The lowest BCUT2D eigenvalue weighted by Crippen LogP contribution is -2.19. The SMILES string of the molecule is COc1cccc(/C=N\NC(=O)c2cc3cccc(C)c3nc2C)c1OC. The van der Waals surface area contributed by atoms with Crippen molar-refractivity contribution in [2.24, 2.45) is 5.10 Å². The Bertz CT molecular complexity index is 1030. The van der Waals surface area contributed by atoms with Gasteiger partial charge in [0.15, 0.2) is 11.5 Å². The van der Waals surface area contributed by atoms with Gasteiger partial charge in [0.2, 0.25) is 0 Å². The summed E-state index contributed by atoms with van der Waals surface area (Å²) in [6.45, 7) is 3.82. The van der Waals surface area contributed by atoms with E-state index in [2.05, 4.69) is 15.5 Å². The zero-order valence-electron chi connectivity index (χ0n) is 15.7. The van der Waals surface area contributed by atoms with E-state index >= 15 is 0 Å². The van der Waals surface area contributed by atoms with E-state index in [-0.39, 0.29) is 5.91 Å². The molecular formula is C21H21N3O3. The third-order valence-electron chi connectivity index (χ3n) is 4.29. The number of amides is 1. The lowest BCUT2D eigenvalue weighted by atomic mass is 10.1. The molecule has 27 heavy (non-hydrogen) atoms. The number of ether oxygens (including phenoxy) is 2. The molecule has 0 saturated heterocycles. The van der Waals surface area contributed by atoms with Crippen LogP contribution in [-0.2, 0) is 0 Å².